The quantitative estimate of drug-likeness (QED) is 0.808. The Morgan fingerprint density at radius 3 is 2.62 bits per heavy atom. The van der Waals surface area contributed by atoms with Crippen LogP contribution >= 0.6 is 0 Å². The molecule has 5 nitrogen and oxygen atoms in total. The Hall–Kier alpha value is -0.650. The first-order valence-electron chi connectivity index (χ1n) is 8.46. The van der Waals surface area contributed by atoms with E-state index in [1.54, 1.807) is 0 Å². The Morgan fingerprint density at radius 2 is 2.00 bits per heavy atom. The third-order valence-electron chi connectivity index (χ3n) is 4.56. The zero-order valence-corrected chi connectivity index (χ0v) is 13.3. The molecule has 5 heteroatoms. The van der Waals surface area contributed by atoms with Gasteiger partial charge in [0.05, 0.1) is 12.1 Å². The van der Waals surface area contributed by atoms with Crippen LogP contribution in [-0.2, 0) is 14.3 Å². The van der Waals surface area contributed by atoms with Crippen molar-refractivity contribution in [2.45, 2.75) is 57.6 Å². The predicted octanol–water partition coefficient (Wildman–Crippen LogP) is 1.55. The number of nitrogens with zero attached hydrogens (tertiary/aromatic N) is 1. The van der Waals surface area contributed by atoms with Crippen LogP contribution in [-0.4, -0.2) is 55.9 Å². The number of hydrogen-bond acceptors (Lipinski definition) is 4. The summed E-state index contributed by atoms with van der Waals surface area (Å²) in [4.78, 5) is 14.6. The fourth-order valence-corrected chi connectivity index (χ4v) is 3.25. The number of hydrogen-bond donors (Lipinski definition) is 1. The van der Waals surface area contributed by atoms with Gasteiger partial charge >= 0.3 is 0 Å². The van der Waals surface area contributed by atoms with Crippen LogP contribution in [0.3, 0.4) is 0 Å². The van der Waals surface area contributed by atoms with Gasteiger partial charge in [0.2, 0.25) is 5.91 Å². The lowest BCUT2D eigenvalue weighted by Gasteiger charge is -2.34. The maximum atomic E-state index is 12.7. The van der Waals surface area contributed by atoms with E-state index in [2.05, 4.69) is 6.92 Å². The van der Waals surface area contributed by atoms with E-state index in [4.69, 9.17) is 15.2 Å². The highest BCUT2D eigenvalue weighted by molar-refractivity contribution is 5.82. The van der Waals surface area contributed by atoms with Gasteiger partial charge in [-0.05, 0) is 44.4 Å². The van der Waals surface area contributed by atoms with Gasteiger partial charge in [-0.25, -0.2) is 0 Å². The number of ether oxygens (including phenoxy) is 2. The summed E-state index contributed by atoms with van der Waals surface area (Å²) in [6, 6.07) is -0.385. The zero-order chi connectivity index (χ0) is 15.1. The summed E-state index contributed by atoms with van der Waals surface area (Å²) in [6.45, 7) is 5.85. The SMILES string of the molecule is CCCN(CC1CCCCO1)C(=O)C(N)C1CCOCC1. The second-order valence-electron chi connectivity index (χ2n) is 6.25. The zero-order valence-electron chi connectivity index (χ0n) is 13.3. The Kier molecular flexibility index (Phi) is 6.93. The molecule has 0 aliphatic carbocycles. The number of carbonyl (C=O) groups excluding carboxylic acids is 1. The first kappa shape index (κ1) is 16.7. The molecule has 2 N–H and O–H groups in total. The third-order valence-corrected chi connectivity index (χ3v) is 4.56. The largest absolute Gasteiger partial charge is 0.381 e. The van der Waals surface area contributed by atoms with E-state index in [1.165, 1.54) is 6.42 Å². The van der Waals surface area contributed by atoms with Crippen LogP contribution in [0.2, 0.25) is 0 Å². The van der Waals surface area contributed by atoms with Crippen molar-refractivity contribution in [3.05, 3.63) is 0 Å². The lowest BCUT2D eigenvalue weighted by molar-refractivity contribution is -0.137. The fraction of sp³-hybridized carbons (Fsp3) is 0.938. The van der Waals surface area contributed by atoms with Crippen LogP contribution < -0.4 is 5.73 Å². The summed E-state index contributed by atoms with van der Waals surface area (Å²) < 4.78 is 11.1. The smallest absolute Gasteiger partial charge is 0.239 e. The molecule has 21 heavy (non-hydrogen) atoms. The highest BCUT2D eigenvalue weighted by Crippen LogP contribution is 2.20. The van der Waals surface area contributed by atoms with Crippen LogP contribution in [0.5, 0.6) is 0 Å². The fourth-order valence-electron chi connectivity index (χ4n) is 3.25. The first-order valence-corrected chi connectivity index (χ1v) is 8.46. The topological polar surface area (TPSA) is 64.8 Å². The Labute approximate surface area is 128 Å². The molecule has 0 saturated carbocycles. The highest BCUT2D eigenvalue weighted by atomic mass is 16.5. The van der Waals surface area contributed by atoms with Crippen LogP contribution in [0.1, 0.15) is 45.4 Å². The van der Waals surface area contributed by atoms with Gasteiger partial charge in [-0.2, -0.15) is 0 Å². The van der Waals surface area contributed by atoms with Crippen LogP contribution in [0.25, 0.3) is 0 Å². The molecule has 0 bridgehead atoms. The third kappa shape index (κ3) is 4.94. The molecule has 2 unspecified atom stereocenters. The minimum Gasteiger partial charge on any atom is -0.381 e. The lowest BCUT2D eigenvalue weighted by atomic mass is 9.91. The molecule has 0 aromatic carbocycles. The Morgan fingerprint density at radius 1 is 1.24 bits per heavy atom. The molecule has 2 rings (SSSR count). The number of amides is 1. The van der Waals surface area contributed by atoms with Crippen LogP contribution in [0.4, 0.5) is 0 Å². The monoisotopic (exact) mass is 298 g/mol. The number of rotatable bonds is 6. The standard InChI is InChI=1S/C16H30N2O3/c1-2-8-18(12-14-5-3-4-9-21-14)16(19)15(17)13-6-10-20-11-7-13/h13-15H,2-12,17H2,1H3. The molecule has 2 aliphatic rings. The summed E-state index contributed by atoms with van der Waals surface area (Å²) in [5.74, 6) is 0.357. The number of nitrogens with two attached hydrogens (primary N) is 1. The maximum Gasteiger partial charge on any atom is 0.239 e. The molecule has 122 valence electrons. The van der Waals surface area contributed by atoms with Gasteiger partial charge in [0.1, 0.15) is 0 Å². The second-order valence-corrected chi connectivity index (χ2v) is 6.25. The molecule has 0 radical (unpaired) electrons. The average molecular weight is 298 g/mol. The molecule has 2 heterocycles. The van der Waals surface area contributed by atoms with Crippen molar-refractivity contribution in [2.75, 3.05) is 32.9 Å². The summed E-state index contributed by atoms with van der Waals surface area (Å²) >= 11 is 0. The van der Waals surface area contributed by atoms with E-state index in [0.717, 1.165) is 58.5 Å². The Balaban J connectivity index is 1.89. The normalized spacial score (nSPS) is 25.5. The average Bonchev–Trinajstić information content (AvgIpc) is 2.55. The van der Waals surface area contributed by atoms with Crippen molar-refractivity contribution in [3.63, 3.8) is 0 Å². The molecule has 2 atom stereocenters. The molecule has 2 saturated heterocycles. The molecular formula is C16H30N2O3. The summed E-state index contributed by atoms with van der Waals surface area (Å²) in [5, 5.41) is 0. The second kappa shape index (κ2) is 8.71. The summed E-state index contributed by atoms with van der Waals surface area (Å²) in [6.07, 6.45) is 6.33. The van der Waals surface area contributed by atoms with Crippen molar-refractivity contribution in [1.82, 2.24) is 4.90 Å². The molecule has 0 spiro atoms. The predicted molar refractivity (Wildman–Crippen MR) is 82.0 cm³/mol. The van der Waals surface area contributed by atoms with Crippen LogP contribution in [0, 0.1) is 5.92 Å². The summed E-state index contributed by atoms with van der Waals surface area (Å²) in [5.41, 5.74) is 6.24. The van der Waals surface area contributed by atoms with Gasteiger partial charge in [-0.3, -0.25) is 4.79 Å². The lowest BCUT2D eigenvalue weighted by Crippen LogP contribution is -2.51. The van der Waals surface area contributed by atoms with Crippen molar-refractivity contribution >= 4 is 5.91 Å². The number of carbonyl (C=O) groups is 1. The van der Waals surface area contributed by atoms with Gasteiger partial charge < -0.3 is 20.1 Å². The van der Waals surface area contributed by atoms with E-state index in [-0.39, 0.29) is 24.0 Å². The van der Waals surface area contributed by atoms with E-state index in [9.17, 15) is 4.79 Å². The highest BCUT2D eigenvalue weighted by Gasteiger charge is 2.31. The van der Waals surface area contributed by atoms with Gasteiger partial charge in [-0.15, -0.1) is 0 Å². The van der Waals surface area contributed by atoms with E-state index >= 15 is 0 Å². The van der Waals surface area contributed by atoms with E-state index in [0.29, 0.717) is 6.54 Å². The molecule has 0 aromatic rings. The van der Waals surface area contributed by atoms with Gasteiger partial charge in [0.25, 0.3) is 0 Å². The van der Waals surface area contributed by atoms with Gasteiger partial charge in [0.15, 0.2) is 0 Å². The molecule has 0 aromatic heterocycles. The first-order chi connectivity index (χ1) is 10.2. The van der Waals surface area contributed by atoms with E-state index < -0.39 is 0 Å². The molecular weight excluding hydrogens is 268 g/mol. The molecule has 2 aliphatic heterocycles. The minimum atomic E-state index is -0.385. The molecule has 1 amide bonds. The van der Waals surface area contributed by atoms with Crippen molar-refractivity contribution in [3.8, 4) is 0 Å². The van der Waals surface area contributed by atoms with Crippen molar-refractivity contribution in [1.29, 1.82) is 0 Å². The van der Waals surface area contributed by atoms with Gasteiger partial charge in [-0.1, -0.05) is 6.92 Å². The van der Waals surface area contributed by atoms with Crippen molar-refractivity contribution in [2.24, 2.45) is 11.7 Å². The van der Waals surface area contributed by atoms with Gasteiger partial charge in [0, 0.05) is 32.9 Å². The maximum absolute atomic E-state index is 12.7. The Bertz CT molecular complexity index is 313. The minimum absolute atomic E-state index is 0.0953. The van der Waals surface area contributed by atoms with E-state index in [1.807, 2.05) is 4.90 Å². The van der Waals surface area contributed by atoms with Crippen LogP contribution in [0.15, 0.2) is 0 Å². The molecule has 2 fully saturated rings. The van der Waals surface area contributed by atoms with Crippen molar-refractivity contribution < 1.29 is 14.3 Å². The summed E-state index contributed by atoms with van der Waals surface area (Å²) in [7, 11) is 0.